The maximum Gasteiger partial charge on any atom is 0.331 e. The molecule has 160 valence electrons. The van der Waals surface area contributed by atoms with Gasteiger partial charge in [0.15, 0.2) is 6.61 Å². The summed E-state index contributed by atoms with van der Waals surface area (Å²) in [4.78, 5) is 25.1. The summed E-state index contributed by atoms with van der Waals surface area (Å²) < 4.78 is 6.71. The third kappa shape index (κ3) is 6.23. The van der Waals surface area contributed by atoms with Crippen molar-refractivity contribution in [3.8, 4) is 0 Å². The van der Waals surface area contributed by atoms with Crippen molar-refractivity contribution in [2.75, 3.05) is 18.2 Å². The number of benzene rings is 2. The lowest BCUT2D eigenvalue weighted by molar-refractivity contribution is -0.142. The van der Waals surface area contributed by atoms with Gasteiger partial charge in [-0.1, -0.05) is 54.1 Å². The van der Waals surface area contributed by atoms with Gasteiger partial charge >= 0.3 is 5.97 Å². The number of carbonyl (C=O) groups excluding carboxylic acids is 2. The molecule has 0 bridgehead atoms. The molecule has 0 spiro atoms. The van der Waals surface area contributed by atoms with Crippen LogP contribution in [0.5, 0.6) is 0 Å². The minimum Gasteiger partial charge on any atom is -0.452 e. The van der Waals surface area contributed by atoms with Crippen molar-refractivity contribution in [2.45, 2.75) is 18.4 Å². The Morgan fingerprint density at radius 2 is 1.87 bits per heavy atom. The predicted octanol–water partition coefficient (Wildman–Crippen LogP) is 4.81. The normalized spacial score (nSPS) is 10.9. The second-order valence-electron chi connectivity index (χ2n) is 6.62. The van der Waals surface area contributed by atoms with Gasteiger partial charge in [-0.2, -0.15) is 5.10 Å². The summed E-state index contributed by atoms with van der Waals surface area (Å²) in [6.45, 7) is 1.96. The lowest BCUT2D eigenvalue weighted by atomic mass is 10.2. The third-order valence-electron chi connectivity index (χ3n) is 4.40. The Hall–Kier alpha value is -3.03. The van der Waals surface area contributed by atoms with Crippen LogP contribution in [0.2, 0.25) is 5.15 Å². The van der Waals surface area contributed by atoms with Crippen molar-refractivity contribution in [2.24, 2.45) is 0 Å². The van der Waals surface area contributed by atoms with Gasteiger partial charge in [-0.3, -0.25) is 4.79 Å². The van der Waals surface area contributed by atoms with Crippen molar-refractivity contribution in [3.63, 3.8) is 0 Å². The maximum absolute atomic E-state index is 12.1. The van der Waals surface area contributed by atoms with E-state index in [1.807, 2.05) is 61.7 Å². The van der Waals surface area contributed by atoms with E-state index in [-0.39, 0.29) is 6.61 Å². The van der Waals surface area contributed by atoms with E-state index >= 15 is 0 Å². The predicted molar refractivity (Wildman–Crippen MR) is 124 cm³/mol. The number of aromatic nitrogens is 2. The summed E-state index contributed by atoms with van der Waals surface area (Å²) >= 11 is 7.96. The Kier molecular flexibility index (Phi) is 7.92. The van der Waals surface area contributed by atoms with E-state index in [1.165, 1.54) is 17.8 Å². The van der Waals surface area contributed by atoms with E-state index in [1.54, 1.807) is 16.8 Å². The fourth-order valence-corrected chi connectivity index (χ4v) is 3.74. The molecular formula is C23H22ClN3O3S. The number of hydrogen-bond acceptors (Lipinski definition) is 5. The minimum absolute atomic E-state index is 0.383. The van der Waals surface area contributed by atoms with Crippen LogP contribution < -0.4 is 5.32 Å². The molecule has 6 nitrogen and oxygen atoms in total. The highest BCUT2D eigenvalue weighted by atomic mass is 35.5. The van der Waals surface area contributed by atoms with Gasteiger partial charge in [0.2, 0.25) is 0 Å². The van der Waals surface area contributed by atoms with Crippen LogP contribution in [0.15, 0.2) is 65.6 Å². The molecule has 0 unspecified atom stereocenters. The first-order valence-corrected chi connectivity index (χ1v) is 11.1. The summed E-state index contributed by atoms with van der Waals surface area (Å²) in [5, 5.41) is 7.60. The van der Waals surface area contributed by atoms with Crippen LogP contribution in [0.3, 0.4) is 0 Å². The average Bonchev–Trinajstić information content (AvgIpc) is 3.04. The van der Waals surface area contributed by atoms with Crippen LogP contribution in [0.1, 0.15) is 16.8 Å². The molecule has 0 aliphatic heterocycles. The van der Waals surface area contributed by atoms with Gasteiger partial charge in [0, 0.05) is 16.5 Å². The van der Waals surface area contributed by atoms with Gasteiger partial charge < -0.3 is 10.1 Å². The van der Waals surface area contributed by atoms with Crippen LogP contribution in [0, 0.1) is 6.92 Å². The molecule has 1 heterocycles. The zero-order valence-corrected chi connectivity index (χ0v) is 18.7. The number of nitrogens with zero attached hydrogens (tertiary/aromatic N) is 2. The van der Waals surface area contributed by atoms with Crippen molar-refractivity contribution in [1.29, 1.82) is 0 Å². The smallest absolute Gasteiger partial charge is 0.331 e. The quantitative estimate of drug-likeness (QED) is 0.300. The molecule has 0 saturated heterocycles. The Balaban J connectivity index is 1.57. The monoisotopic (exact) mass is 455 g/mol. The number of carbonyl (C=O) groups is 2. The molecule has 1 amide bonds. The molecule has 3 aromatic rings. The van der Waals surface area contributed by atoms with Gasteiger partial charge in [0.1, 0.15) is 5.15 Å². The van der Waals surface area contributed by atoms with Crippen molar-refractivity contribution >= 4 is 47.0 Å². The number of rotatable bonds is 8. The minimum atomic E-state index is -0.639. The number of hydrogen-bond donors (Lipinski definition) is 1. The van der Waals surface area contributed by atoms with Gasteiger partial charge in [0.05, 0.1) is 17.9 Å². The lowest BCUT2D eigenvalue weighted by Gasteiger charge is -2.09. The third-order valence-corrected chi connectivity index (χ3v) is 5.59. The lowest BCUT2D eigenvalue weighted by Crippen LogP contribution is -2.20. The van der Waals surface area contributed by atoms with Crippen LogP contribution in [-0.2, 0) is 20.9 Å². The highest BCUT2D eigenvalue weighted by Gasteiger charge is 2.13. The summed E-state index contributed by atoms with van der Waals surface area (Å²) in [6, 6.07) is 17.2. The van der Waals surface area contributed by atoms with Gasteiger partial charge in [-0.15, -0.1) is 11.8 Å². The SMILES string of the molecule is CSc1ccccc1NC(=O)COC(=O)/C=C/c1c(C)nn(Cc2ccccc2)c1Cl. The topological polar surface area (TPSA) is 73.2 Å². The second kappa shape index (κ2) is 10.8. The number of esters is 1. The van der Waals surface area contributed by atoms with Crippen molar-refractivity contribution < 1.29 is 14.3 Å². The number of nitrogens with one attached hydrogen (secondary N) is 1. The van der Waals surface area contributed by atoms with E-state index in [4.69, 9.17) is 16.3 Å². The van der Waals surface area contributed by atoms with Crippen LogP contribution in [-0.4, -0.2) is 34.5 Å². The van der Waals surface area contributed by atoms with E-state index in [2.05, 4.69) is 10.4 Å². The number of para-hydroxylation sites is 1. The molecule has 0 aliphatic rings. The van der Waals surface area contributed by atoms with Gasteiger partial charge in [0.25, 0.3) is 5.91 Å². The van der Waals surface area contributed by atoms with Crippen molar-refractivity contribution in [1.82, 2.24) is 9.78 Å². The first-order chi connectivity index (χ1) is 15.0. The van der Waals surface area contributed by atoms with Gasteiger partial charge in [-0.25, -0.2) is 9.48 Å². The number of aryl methyl sites for hydroxylation is 1. The first kappa shape index (κ1) is 22.7. The molecule has 1 aromatic heterocycles. The largest absolute Gasteiger partial charge is 0.452 e. The number of ether oxygens (including phenoxy) is 1. The van der Waals surface area contributed by atoms with Crippen molar-refractivity contribution in [3.05, 3.63) is 82.6 Å². The number of anilines is 1. The highest BCUT2D eigenvalue weighted by Crippen LogP contribution is 2.24. The second-order valence-corrected chi connectivity index (χ2v) is 7.83. The molecule has 0 radical (unpaired) electrons. The fourth-order valence-electron chi connectivity index (χ4n) is 2.89. The molecule has 0 aliphatic carbocycles. The molecule has 31 heavy (non-hydrogen) atoms. The molecule has 2 aromatic carbocycles. The summed E-state index contributed by atoms with van der Waals surface area (Å²) in [5.41, 5.74) is 3.07. The van der Waals surface area contributed by atoms with Crippen LogP contribution in [0.4, 0.5) is 5.69 Å². The molecule has 3 rings (SSSR count). The molecule has 0 saturated carbocycles. The maximum atomic E-state index is 12.1. The van der Waals surface area contributed by atoms with Crippen LogP contribution >= 0.6 is 23.4 Å². The van der Waals surface area contributed by atoms with Crippen LogP contribution in [0.25, 0.3) is 6.08 Å². The molecule has 0 atom stereocenters. The zero-order chi connectivity index (χ0) is 22.2. The van der Waals surface area contributed by atoms with E-state index in [0.29, 0.717) is 28.6 Å². The Labute approximate surface area is 190 Å². The standard InChI is InChI=1S/C23H22ClN3O3S/c1-16-18(23(24)27(26-16)14-17-8-4-3-5-9-17)12-13-22(29)30-15-21(28)25-19-10-6-7-11-20(19)31-2/h3-13H,14-15H2,1-2H3,(H,25,28)/b13-12+. The Morgan fingerprint density at radius 1 is 1.16 bits per heavy atom. The molecule has 1 N–H and O–H groups in total. The fraction of sp³-hybridized carbons (Fsp3) is 0.174. The molecular weight excluding hydrogens is 434 g/mol. The zero-order valence-electron chi connectivity index (χ0n) is 17.2. The molecule has 0 fully saturated rings. The summed E-state index contributed by atoms with van der Waals surface area (Å²) in [6.07, 6.45) is 4.71. The first-order valence-electron chi connectivity index (χ1n) is 9.52. The number of halogens is 1. The van der Waals surface area contributed by atoms with Gasteiger partial charge in [-0.05, 0) is 37.0 Å². The molecule has 8 heteroatoms. The van der Waals surface area contributed by atoms with E-state index in [0.717, 1.165) is 10.5 Å². The highest BCUT2D eigenvalue weighted by molar-refractivity contribution is 7.98. The number of amides is 1. The Morgan fingerprint density at radius 3 is 2.61 bits per heavy atom. The van der Waals surface area contributed by atoms with E-state index in [9.17, 15) is 9.59 Å². The summed E-state index contributed by atoms with van der Waals surface area (Å²) in [7, 11) is 0. The summed E-state index contributed by atoms with van der Waals surface area (Å²) in [5.74, 6) is -1.05. The number of thioether (sulfide) groups is 1. The van der Waals surface area contributed by atoms with E-state index < -0.39 is 11.9 Å². The Bertz CT molecular complexity index is 1100. The average molecular weight is 456 g/mol.